The molecule has 0 aliphatic carbocycles. The fraction of sp³-hybridized carbons (Fsp3) is 0.417. The topological polar surface area (TPSA) is 96.3 Å². The molecule has 7 nitrogen and oxygen atoms in total. The highest BCUT2D eigenvalue weighted by Crippen LogP contribution is 2.22. The molecule has 0 unspecified atom stereocenters. The second kappa shape index (κ2) is 6.14. The highest BCUT2D eigenvalue weighted by molar-refractivity contribution is 5.91. The number of carbonyl (C=O) groups is 1. The van der Waals surface area contributed by atoms with Crippen LogP contribution in [0.4, 0.5) is 16.2 Å². The van der Waals surface area contributed by atoms with Crippen molar-refractivity contribution < 1.29 is 9.72 Å². The number of rotatable bonds is 3. The maximum atomic E-state index is 11.8. The normalized spacial score (nSPS) is 15.8. The molecule has 1 aliphatic heterocycles. The Kier molecular flexibility index (Phi) is 4.30. The van der Waals surface area contributed by atoms with Crippen molar-refractivity contribution in [3.8, 4) is 0 Å². The third-order valence-corrected chi connectivity index (χ3v) is 3.02. The highest BCUT2D eigenvalue weighted by Gasteiger charge is 2.18. The van der Waals surface area contributed by atoms with E-state index >= 15 is 0 Å². The Morgan fingerprint density at radius 3 is 2.68 bits per heavy atom. The molecule has 19 heavy (non-hydrogen) atoms. The lowest BCUT2D eigenvalue weighted by Gasteiger charge is -2.23. The van der Waals surface area contributed by atoms with Crippen LogP contribution < -0.4 is 16.0 Å². The molecule has 1 heterocycles. The molecule has 0 atom stereocenters. The van der Waals surface area contributed by atoms with Gasteiger partial charge in [0.1, 0.15) is 5.69 Å². The summed E-state index contributed by atoms with van der Waals surface area (Å²) < 4.78 is 0. The van der Waals surface area contributed by atoms with Crippen LogP contribution in [0, 0.1) is 10.1 Å². The summed E-state index contributed by atoms with van der Waals surface area (Å²) in [5, 5.41) is 19.4. The maximum Gasteiger partial charge on any atom is 0.319 e. The molecular weight excluding hydrogens is 248 g/mol. The number of carbonyl (C=O) groups excluding carboxylic acids is 1. The zero-order chi connectivity index (χ0) is 13.7. The second-order valence-electron chi connectivity index (χ2n) is 4.40. The number of hydrogen-bond donors (Lipinski definition) is 3. The van der Waals surface area contributed by atoms with Crippen LogP contribution >= 0.6 is 0 Å². The smallest absolute Gasteiger partial charge is 0.319 e. The van der Waals surface area contributed by atoms with Gasteiger partial charge in [0.05, 0.1) is 4.92 Å². The van der Waals surface area contributed by atoms with Gasteiger partial charge in [0, 0.05) is 12.1 Å². The van der Waals surface area contributed by atoms with Gasteiger partial charge < -0.3 is 16.0 Å². The number of nitrogens with one attached hydrogen (secondary N) is 3. The number of nitrogens with zero attached hydrogens (tertiary/aromatic N) is 1. The predicted molar refractivity (Wildman–Crippen MR) is 71.1 cm³/mol. The standard InChI is InChI=1S/C12H16N4O3/c17-12(14-9-5-7-13-8-6-9)15-10-3-1-2-4-11(10)16(18)19/h1-4,9,13H,5-8H2,(H2,14,15,17). The summed E-state index contributed by atoms with van der Waals surface area (Å²) in [6.07, 6.45) is 1.73. The fourth-order valence-electron chi connectivity index (χ4n) is 2.05. The zero-order valence-electron chi connectivity index (χ0n) is 10.4. The minimum Gasteiger partial charge on any atom is -0.335 e. The van der Waals surface area contributed by atoms with E-state index < -0.39 is 11.0 Å². The van der Waals surface area contributed by atoms with Gasteiger partial charge in [-0.05, 0) is 32.0 Å². The third-order valence-electron chi connectivity index (χ3n) is 3.02. The van der Waals surface area contributed by atoms with Crippen LogP contribution in [0.15, 0.2) is 24.3 Å². The van der Waals surface area contributed by atoms with E-state index in [1.807, 2.05) is 0 Å². The van der Waals surface area contributed by atoms with Crippen LogP contribution in [0.1, 0.15) is 12.8 Å². The van der Waals surface area contributed by atoms with Gasteiger partial charge in [0.25, 0.3) is 5.69 Å². The van der Waals surface area contributed by atoms with Crippen molar-refractivity contribution in [2.45, 2.75) is 18.9 Å². The second-order valence-corrected chi connectivity index (χ2v) is 4.40. The Labute approximate surface area is 110 Å². The largest absolute Gasteiger partial charge is 0.335 e. The minimum atomic E-state index is -0.514. The van der Waals surface area contributed by atoms with E-state index in [2.05, 4.69) is 16.0 Å². The molecule has 1 saturated heterocycles. The van der Waals surface area contributed by atoms with Gasteiger partial charge in [-0.1, -0.05) is 12.1 Å². The first-order valence-electron chi connectivity index (χ1n) is 6.18. The predicted octanol–water partition coefficient (Wildman–Crippen LogP) is 1.47. The van der Waals surface area contributed by atoms with E-state index in [9.17, 15) is 14.9 Å². The van der Waals surface area contributed by atoms with Gasteiger partial charge in [-0.3, -0.25) is 10.1 Å². The van der Waals surface area contributed by atoms with Crippen LogP contribution in [-0.2, 0) is 0 Å². The lowest BCUT2D eigenvalue weighted by Crippen LogP contribution is -2.44. The van der Waals surface area contributed by atoms with Gasteiger partial charge in [0.15, 0.2) is 0 Å². The van der Waals surface area contributed by atoms with E-state index in [1.165, 1.54) is 12.1 Å². The van der Waals surface area contributed by atoms with E-state index in [0.717, 1.165) is 25.9 Å². The van der Waals surface area contributed by atoms with Crippen molar-refractivity contribution in [3.05, 3.63) is 34.4 Å². The van der Waals surface area contributed by atoms with Crippen molar-refractivity contribution in [1.29, 1.82) is 0 Å². The van der Waals surface area contributed by atoms with Gasteiger partial charge in [-0.15, -0.1) is 0 Å². The van der Waals surface area contributed by atoms with Crippen LogP contribution in [0.5, 0.6) is 0 Å². The van der Waals surface area contributed by atoms with Crippen LogP contribution in [0.25, 0.3) is 0 Å². The van der Waals surface area contributed by atoms with Gasteiger partial charge in [-0.2, -0.15) is 0 Å². The summed E-state index contributed by atoms with van der Waals surface area (Å²) in [5.74, 6) is 0. The Morgan fingerprint density at radius 2 is 2.00 bits per heavy atom. The quantitative estimate of drug-likeness (QED) is 0.569. The molecule has 1 aromatic carbocycles. The summed E-state index contributed by atoms with van der Waals surface area (Å²) in [7, 11) is 0. The zero-order valence-corrected chi connectivity index (χ0v) is 10.4. The van der Waals surface area contributed by atoms with Gasteiger partial charge in [-0.25, -0.2) is 4.79 Å². The lowest BCUT2D eigenvalue weighted by atomic mass is 10.1. The highest BCUT2D eigenvalue weighted by atomic mass is 16.6. The molecule has 1 aliphatic rings. The van der Waals surface area contributed by atoms with E-state index in [0.29, 0.717) is 0 Å². The van der Waals surface area contributed by atoms with Crippen LogP contribution in [0.2, 0.25) is 0 Å². The van der Waals surface area contributed by atoms with Crippen molar-refractivity contribution >= 4 is 17.4 Å². The molecule has 2 rings (SSSR count). The Morgan fingerprint density at radius 1 is 1.32 bits per heavy atom. The minimum absolute atomic E-state index is 0.108. The number of piperidine rings is 1. The first-order valence-corrected chi connectivity index (χ1v) is 6.18. The maximum absolute atomic E-state index is 11.8. The number of nitro groups is 1. The molecule has 0 spiro atoms. The monoisotopic (exact) mass is 264 g/mol. The molecule has 0 radical (unpaired) electrons. The number of hydrogen-bond acceptors (Lipinski definition) is 4. The van der Waals surface area contributed by atoms with Gasteiger partial charge >= 0.3 is 6.03 Å². The third kappa shape index (κ3) is 3.65. The SMILES string of the molecule is O=C(Nc1ccccc1[N+](=O)[O-])NC1CCNCC1. The summed E-state index contributed by atoms with van der Waals surface area (Å²) in [6.45, 7) is 1.74. The molecule has 3 N–H and O–H groups in total. The number of urea groups is 1. The number of para-hydroxylation sites is 2. The molecule has 102 valence electrons. The summed E-state index contributed by atoms with van der Waals surface area (Å²) >= 11 is 0. The molecule has 1 fully saturated rings. The van der Waals surface area contributed by atoms with E-state index in [4.69, 9.17) is 0 Å². The molecule has 0 saturated carbocycles. The van der Waals surface area contributed by atoms with Crippen LogP contribution in [0.3, 0.4) is 0 Å². The molecule has 7 heteroatoms. The molecule has 0 bridgehead atoms. The van der Waals surface area contributed by atoms with Crippen molar-refractivity contribution in [2.75, 3.05) is 18.4 Å². The Bertz CT molecular complexity index is 472. The molecule has 0 aromatic heterocycles. The number of benzene rings is 1. The number of amides is 2. The summed E-state index contributed by atoms with van der Waals surface area (Å²) in [5.41, 5.74) is 0.0990. The fourth-order valence-corrected chi connectivity index (χ4v) is 2.05. The number of anilines is 1. The lowest BCUT2D eigenvalue weighted by molar-refractivity contribution is -0.383. The average Bonchev–Trinajstić information content (AvgIpc) is 2.40. The summed E-state index contributed by atoms with van der Waals surface area (Å²) in [6, 6.07) is 5.80. The first-order chi connectivity index (χ1) is 9.16. The molecule has 1 aromatic rings. The first kappa shape index (κ1) is 13.3. The Hall–Kier alpha value is -2.15. The average molecular weight is 264 g/mol. The summed E-state index contributed by atoms with van der Waals surface area (Å²) in [4.78, 5) is 22.1. The van der Waals surface area contributed by atoms with Crippen molar-refractivity contribution in [1.82, 2.24) is 10.6 Å². The van der Waals surface area contributed by atoms with E-state index in [1.54, 1.807) is 12.1 Å². The molecule has 2 amide bonds. The van der Waals surface area contributed by atoms with Crippen molar-refractivity contribution in [2.24, 2.45) is 0 Å². The van der Waals surface area contributed by atoms with Crippen molar-refractivity contribution in [3.63, 3.8) is 0 Å². The van der Waals surface area contributed by atoms with Gasteiger partial charge in [0.2, 0.25) is 0 Å². The van der Waals surface area contributed by atoms with Crippen LogP contribution in [-0.4, -0.2) is 30.1 Å². The number of nitro benzene ring substituents is 1. The molecular formula is C12H16N4O3. The Balaban J connectivity index is 1.96. The van der Waals surface area contributed by atoms with E-state index in [-0.39, 0.29) is 17.4 Å².